The van der Waals surface area contributed by atoms with E-state index in [9.17, 15) is 4.79 Å². The minimum atomic E-state index is 0.0645. The molecule has 0 aliphatic heterocycles. The Bertz CT molecular complexity index is 1130. The van der Waals surface area contributed by atoms with Crippen molar-refractivity contribution >= 4 is 16.9 Å². The average molecular weight is 398 g/mol. The summed E-state index contributed by atoms with van der Waals surface area (Å²) in [4.78, 5) is 17.1. The van der Waals surface area contributed by atoms with Gasteiger partial charge in [0.2, 0.25) is 5.91 Å². The Hall–Kier alpha value is -3.40. The molecule has 0 radical (unpaired) electrons. The third-order valence-electron chi connectivity index (χ3n) is 5.43. The number of carbonyl (C=O) groups excluding carboxylic acids is 1. The standard InChI is InChI=1S/C26H27N3O/c1-20-10-5-6-13-22(20)19-29-24-15-8-7-14-23(24)28-25(29)16-9-17-27-26(30)18-21-11-3-2-4-12-21/h2-8,10-15H,9,16-19H2,1H3,(H,27,30). The van der Waals surface area contributed by atoms with E-state index in [1.54, 1.807) is 0 Å². The maximum absolute atomic E-state index is 12.2. The average Bonchev–Trinajstić information content (AvgIpc) is 3.11. The highest BCUT2D eigenvalue weighted by molar-refractivity contribution is 5.78. The minimum Gasteiger partial charge on any atom is -0.356 e. The third-order valence-corrected chi connectivity index (χ3v) is 5.43. The van der Waals surface area contributed by atoms with Crippen LogP contribution in [0.25, 0.3) is 11.0 Å². The van der Waals surface area contributed by atoms with Gasteiger partial charge in [-0.1, -0.05) is 66.7 Å². The van der Waals surface area contributed by atoms with Crippen LogP contribution in [0.2, 0.25) is 0 Å². The zero-order chi connectivity index (χ0) is 20.8. The van der Waals surface area contributed by atoms with Gasteiger partial charge in [0.05, 0.1) is 17.5 Å². The molecule has 1 N–H and O–H groups in total. The molecule has 0 saturated carbocycles. The van der Waals surface area contributed by atoms with Crippen LogP contribution in [0.1, 0.15) is 28.9 Å². The molecular formula is C26H27N3O. The van der Waals surface area contributed by atoms with E-state index in [-0.39, 0.29) is 5.91 Å². The molecule has 30 heavy (non-hydrogen) atoms. The van der Waals surface area contributed by atoms with Crippen LogP contribution in [0.3, 0.4) is 0 Å². The van der Waals surface area contributed by atoms with Gasteiger partial charge >= 0.3 is 0 Å². The normalized spacial score (nSPS) is 11.0. The van der Waals surface area contributed by atoms with Gasteiger partial charge < -0.3 is 9.88 Å². The Kier molecular flexibility index (Phi) is 6.23. The predicted molar refractivity (Wildman–Crippen MR) is 121 cm³/mol. The number of amides is 1. The lowest BCUT2D eigenvalue weighted by Gasteiger charge is -2.12. The van der Waals surface area contributed by atoms with Gasteiger partial charge in [-0.25, -0.2) is 4.98 Å². The third kappa shape index (κ3) is 4.77. The van der Waals surface area contributed by atoms with E-state index in [4.69, 9.17) is 4.98 Å². The summed E-state index contributed by atoms with van der Waals surface area (Å²) in [6, 6.07) is 26.6. The second-order valence-corrected chi connectivity index (χ2v) is 7.65. The lowest BCUT2D eigenvalue weighted by Crippen LogP contribution is -2.26. The molecule has 0 saturated heterocycles. The number of benzene rings is 3. The number of hydrogen-bond acceptors (Lipinski definition) is 2. The lowest BCUT2D eigenvalue weighted by molar-refractivity contribution is -0.120. The number of hydrogen-bond donors (Lipinski definition) is 1. The fraction of sp³-hybridized carbons (Fsp3) is 0.231. The summed E-state index contributed by atoms with van der Waals surface area (Å²) < 4.78 is 2.31. The quantitative estimate of drug-likeness (QED) is 0.439. The fourth-order valence-electron chi connectivity index (χ4n) is 3.77. The van der Waals surface area contributed by atoms with E-state index in [0.29, 0.717) is 13.0 Å². The Morgan fingerprint density at radius 3 is 2.50 bits per heavy atom. The van der Waals surface area contributed by atoms with E-state index in [2.05, 4.69) is 59.3 Å². The Morgan fingerprint density at radius 1 is 0.933 bits per heavy atom. The first kappa shape index (κ1) is 19.9. The number of aromatic nitrogens is 2. The first-order valence-corrected chi connectivity index (χ1v) is 10.5. The molecule has 0 atom stereocenters. The molecule has 0 aliphatic carbocycles. The molecule has 1 heterocycles. The summed E-state index contributed by atoms with van der Waals surface area (Å²) in [5.41, 5.74) is 5.81. The number of para-hydroxylation sites is 2. The Labute approximate surface area is 177 Å². The van der Waals surface area contributed by atoms with Crippen molar-refractivity contribution in [3.05, 3.63) is 101 Å². The van der Waals surface area contributed by atoms with Crippen molar-refractivity contribution in [2.75, 3.05) is 6.54 Å². The van der Waals surface area contributed by atoms with Gasteiger partial charge in [0.1, 0.15) is 5.82 Å². The Morgan fingerprint density at radius 2 is 1.67 bits per heavy atom. The highest BCUT2D eigenvalue weighted by Gasteiger charge is 2.12. The van der Waals surface area contributed by atoms with E-state index in [1.807, 2.05) is 36.4 Å². The van der Waals surface area contributed by atoms with E-state index in [1.165, 1.54) is 11.1 Å². The number of carbonyl (C=O) groups is 1. The van der Waals surface area contributed by atoms with Gasteiger partial charge in [0.25, 0.3) is 0 Å². The predicted octanol–water partition coefficient (Wildman–Crippen LogP) is 4.68. The highest BCUT2D eigenvalue weighted by atomic mass is 16.1. The summed E-state index contributed by atoms with van der Waals surface area (Å²) in [6.07, 6.45) is 2.11. The van der Waals surface area contributed by atoms with Crippen molar-refractivity contribution in [1.82, 2.24) is 14.9 Å². The second kappa shape index (κ2) is 9.40. The molecule has 4 nitrogen and oxygen atoms in total. The van der Waals surface area contributed by atoms with Crippen molar-refractivity contribution in [2.24, 2.45) is 0 Å². The van der Waals surface area contributed by atoms with Crippen LogP contribution in [0.15, 0.2) is 78.9 Å². The maximum Gasteiger partial charge on any atom is 0.224 e. The first-order valence-electron chi connectivity index (χ1n) is 10.5. The number of fused-ring (bicyclic) bond motifs is 1. The number of rotatable bonds is 8. The molecule has 0 unspecified atom stereocenters. The van der Waals surface area contributed by atoms with E-state index < -0.39 is 0 Å². The molecule has 3 aromatic carbocycles. The summed E-state index contributed by atoms with van der Waals surface area (Å²) in [5, 5.41) is 3.04. The van der Waals surface area contributed by atoms with Crippen LogP contribution < -0.4 is 5.32 Å². The number of imidazole rings is 1. The Balaban J connectivity index is 1.41. The van der Waals surface area contributed by atoms with E-state index >= 15 is 0 Å². The lowest BCUT2D eigenvalue weighted by atomic mass is 10.1. The molecular weight excluding hydrogens is 370 g/mol. The fourth-order valence-corrected chi connectivity index (χ4v) is 3.77. The molecule has 4 aromatic rings. The molecule has 0 aliphatic rings. The van der Waals surface area contributed by atoms with Crippen LogP contribution in [-0.2, 0) is 24.2 Å². The van der Waals surface area contributed by atoms with Crippen LogP contribution in [0.5, 0.6) is 0 Å². The summed E-state index contributed by atoms with van der Waals surface area (Å²) in [6.45, 7) is 3.61. The van der Waals surface area contributed by atoms with Gasteiger partial charge in [0, 0.05) is 19.5 Å². The number of nitrogens with zero attached hydrogens (tertiary/aromatic N) is 2. The monoisotopic (exact) mass is 397 g/mol. The number of aryl methyl sites for hydroxylation is 2. The largest absolute Gasteiger partial charge is 0.356 e. The zero-order valence-electron chi connectivity index (χ0n) is 17.3. The van der Waals surface area contributed by atoms with Gasteiger partial charge in [-0.15, -0.1) is 0 Å². The minimum absolute atomic E-state index is 0.0645. The van der Waals surface area contributed by atoms with E-state index in [0.717, 1.165) is 41.8 Å². The molecule has 4 heteroatoms. The molecule has 1 aromatic heterocycles. The van der Waals surface area contributed by atoms with Gasteiger partial charge in [-0.2, -0.15) is 0 Å². The SMILES string of the molecule is Cc1ccccc1Cn1c(CCCNC(=O)Cc2ccccc2)nc2ccccc21. The van der Waals surface area contributed by atoms with Crippen LogP contribution >= 0.6 is 0 Å². The van der Waals surface area contributed by atoms with Gasteiger partial charge in [-0.05, 0) is 42.2 Å². The van der Waals surface area contributed by atoms with Crippen LogP contribution in [0, 0.1) is 6.92 Å². The van der Waals surface area contributed by atoms with Crippen LogP contribution in [-0.4, -0.2) is 22.0 Å². The smallest absolute Gasteiger partial charge is 0.224 e. The zero-order valence-corrected chi connectivity index (χ0v) is 17.3. The molecule has 0 fully saturated rings. The van der Waals surface area contributed by atoms with Crippen molar-refractivity contribution < 1.29 is 4.79 Å². The number of nitrogens with one attached hydrogen (secondary N) is 1. The van der Waals surface area contributed by atoms with Crippen LogP contribution in [0.4, 0.5) is 0 Å². The molecule has 1 amide bonds. The second-order valence-electron chi connectivity index (χ2n) is 7.65. The van der Waals surface area contributed by atoms with Gasteiger partial charge in [-0.3, -0.25) is 4.79 Å². The molecule has 4 rings (SSSR count). The topological polar surface area (TPSA) is 46.9 Å². The molecule has 152 valence electrons. The molecule has 0 spiro atoms. The summed E-state index contributed by atoms with van der Waals surface area (Å²) in [7, 11) is 0. The van der Waals surface area contributed by atoms with Crippen molar-refractivity contribution in [3.63, 3.8) is 0 Å². The molecule has 0 bridgehead atoms. The van der Waals surface area contributed by atoms with Crippen molar-refractivity contribution in [2.45, 2.75) is 32.7 Å². The van der Waals surface area contributed by atoms with Crippen molar-refractivity contribution in [1.29, 1.82) is 0 Å². The van der Waals surface area contributed by atoms with Gasteiger partial charge in [0.15, 0.2) is 0 Å². The van der Waals surface area contributed by atoms with Crippen molar-refractivity contribution in [3.8, 4) is 0 Å². The summed E-state index contributed by atoms with van der Waals surface area (Å²) >= 11 is 0. The highest BCUT2D eigenvalue weighted by Crippen LogP contribution is 2.20. The maximum atomic E-state index is 12.2. The summed E-state index contributed by atoms with van der Waals surface area (Å²) in [5.74, 6) is 1.13. The first-order chi connectivity index (χ1) is 14.7.